The second kappa shape index (κ2) is 7.16. The fourth-order valence-corrected chi connectivity index (χ4v) is 1.52. The standard InChI is InChI=1S/C13H22N4O3/c1-13(2,3)10(7-18)16-12(19)17-11-14-6-5-9(15-11)8-20-4/h5-6,10,18H,7-8H2,1-4H3,(H2,14,15,16,17,19)/t10-/m0/s1. The highest BCUT2D eigenvalue weighted by atomic mass is 16.5. The van der Waals surface area contributed by atoms with Crippen molar-refractivity contribution < 1.29 is 14.6 Å². The number of ether oxygens (including phenoxy) is 1. The molecule has 7 heteroatoms. The molecule has 112 valence electrons. The van der Waals surface area contributed by atoms with Gasteiger partial charge in [0.05, 0.1) is 24.9 Å². The molecule has 1 atom stereocenters. The molecule has 0 unspecified atom stereocenters. The minimum Gasteiger partial charge on any atom is -0.394 e. The molecular weight excluding hydrogens is 260 g/mol. The van der Waals surface area contributed by atoms with Crippen LogP contribution in [0.1, 0.15) is 26.5 Å². The number of anilines is 1. The Bertz CT molecular complexity index is 445. The first-order valence-electron chi connectivity index (χ1n) is 6.36. The van der Waals surface area contributed by atoms with E-state index in [9.17, 15) is 9.90 Å². The highest BCUT2D eigenvalue weighted by Crippen LogP contribution is 2.18. The lowest BCUT2D eigenvalue weighted by molar-refractivity contribution is 0.162. The zero-order chi connectivity index (χ0) is 15.2. The van der Waals surface area contributed by atoms with Gasteiger partial charge in [-0.05, 0) is 11.5 Å². The fraction of sp³-hybridized carbons (Fsp3) is 0.615. The molecule has 0 saturated heterocycles. The van der Waals surface area contributed by atoms with E-state index in [1.807, 2.05) is 20.8 Å². The number of hydrogen-bond donors (Lipinski definition) is 3. The summed E-state index contributed by atoms with van der Waals surface area (Å²) in [6.45, 7) is 6.01. The molecule has 0 aliphatic heterocycles. The van der Waals surface area contributed by atoms with E-state index in [0.717, 1.165) is 0 Å². The average Bonchev–Trinajstić information content (AvgIpc) is 2.35. The number of carbonyl (C=O) groups is 1. The lowest BCUT2D eigenvalue weighted by Crippen LogP contribution is -2.47. The van der Waals surface area contributed by atoms with Crippen LogP contribution in [0.15, 0.2) is 12.3 Å². The molecule has 1 heterocycles. The molecule has 0 spiro atoms. The van der Waals surface area contributed by atoms with Crippen molar-refractivity contribution in [1.82, 2.24) is 15.3 Å². The Balaban J connectivity index is 2.64. The van der Waals surface area contributed by atoms with E-state index in [4.69, 9.17) is 4.74 Å². The molecule has 0 aromatic carbocycles. The van der Waals surface area contributed by atoms with Crippen molar-refractivity contribution in [3.8, 4) is 0 Å². The van der Waals surface area contributed by atoms with Crippen molar-refractivity contribution in [3.05, 3.63) is 18.0 Å². The summed E-state index contributed by atoms with van der Waals surface area (Å²) >= 11 is 0. The van der Waals surface area contributed by atoms with Crippen molar-refractivity contribution in [2.24, 2.45) is 5.41 Å². The largest absolute Gasteiger partial charge is 0.394 e. The molecule has 7 nitrogen and oxygen atoms in total. The number of aromatic nitrogens is 2. The summed E-state index contributed by atoms with van der Waals surface area (Å²) < 4.78 is 4.96. The van der Waals surface area contributed by atoms with Crippen LogP contribution < -0.4 is 10.6 Å². The Labute approximate surface area is 118 Å². The molecule has 1 rings (SSSR count). The van der Waals surface area contributed by atoms with E-state index in [2.05, 4.69) is 20.6 Å². The van der Waals surface area contributed by atoms with Crippen molar-refractivity contribution in [2.45, 2.75) is 33.4 Å². The van der Waals surface area contributed by atoms with E-state index < -0.39 is 6.03 Å². The number of rotatable bonds is 5. The Kier molecular flexibility index (Phi) is 5.84. The van der Waals surface area contributed by atoms with Crippen molar-refractivity contribution >= 4 is 12.0 Å². The van der Waals surface area contributed by atoms with E-state index in [1.54, 1.807) is 19.4 Å². The number of nitrogens with one attached hydrogen (secondary N) is 2. The Morgan fingerprint density at radius 1 is 1.50 bits per heavy atom. The Morgan fingerprint density at radius 3 is 2.75 bits per heavy atom. The van der Waals surface area contributed by atoms with E-state index in [1.165, 1.54) is 0 Å². The van der Waals surface area contributed by atoms with Crippen LogP contribution in [0.4, 0.5) is 10.7 Å². The number of nitrogens with zero attached hydrogens (tertiary/aromatic N) is 2. The van der Waals surface area contributed by atoms with Crippen LogP contribution in [0, 0.1) is 5.41 Å². The minimum absolute atomic E-state index is 0.137. The van der Waals surface area contributed by atoms with Gasteiger partial charge in [0, 0.05) is 13.3 Å². The van der Waals surface area contributed by atoms with Crippen molar-refractivity contribution in [3.63, 3.8) is 0 Å². The molecule has 0 fully saturated rings. The lowest BCUT2D eigenvalue weighted by Gasteiger charge is -2.29. The molecular formula is C13H22N4O3. The van der Waals surface area contributed by atoms with Gasteiger partial charge < -0.3 is 15.2 Å². The van der Waals surface area contributed by atoms with Gasteiger partial charge in [-0.2, -0.15) is 0 Å². The topological polar surface area (TPSA) is 96.4 Å². The summed E-state index contributed by atoms with van der Waals surface area (Å²) in [5.74, 6) is 0.197. The molecule has 0 bridgehead atoms. The summed E-state index contributed by atoms with van der Waals surface area (Å²) in [6, 6.07) is 0.899. The second-order valence-electron chi connectivity index (χ2n) is 5.50. The summed E-state index contributed by atoms with van der Waals surface area (Å²) in [5.41, 5.74) is 0.428. The van der Waals surface area contributed by atoms with Gasteiger partial charge in [0.2, 0.25) is 5.95 Å². The number of carbonyl (C=O) groups excluding carboxylic acids is 1. The summed E-state index contributed by atoms with van der Waals surface area (Å²) in [5, 5.41) is 14.5. The summed E-state index contributed by atoms with van der Waals surface area (Å²) in [6.07, 6.45) is 1.55. The number of aliphatic hydroxyl groups excluding tert-OH is 1. The van der Waals surface area contributed by atoms with Gasteiger partial charge in [-0.25, -0.2) is 14.8 Å². The van der Waals surface area contributed by atoms with Crippen LogP contribution in [0.25, 0.3) is 0 Å². The lowest BCUT2D eigenvalue weighted by atomic mass is 9.87. The summed E-state index contributed by atoms with van der Waals surface area (Å²) in [4.78, 5) is 19.9. The highest BCUT2D eigenvalue weighted by Gasteiger charge is 2.25. The van der Waals surface area contributed by atoms with E-state index in [-0.39, 0.29) is 24.0 Å². The Morgan fingerprint density at radius 2 is 2.20 bits per heavy atom. The molecule has 20 heavy (non-hydrogen) atoms. The van der Waals surface area contributed by atoms with Crippen LogP contribution in [-0.4, -0.2) is 40.9 Å². The summed E-state index contributed by atoms with van der Waals surface area (Å²) in [7, 11) is 1.57. The highest BCUT2D eigenvalue weighted by molar-refractivity contribution is 5.87. The predicted molar refractivity (Wildman–Crippen MR) is 75.2 cm³/mol. The average molecular weight is 282 g/mol. The van der Waals surface area contributed by atoms with Gasteiger partial charge in [-0.1, -0.05) is 20.8 Å². The smallest absolute Gasteiger partial charge is 0.321 e. The first-order valence-corrected chi connectivity index (χ1v) is 6.36. The minimum atomic E-state index is -0.450. The molecule has 0 radical (unpaired) electrons. The van der Waals surface area contributed by atoms with E-state index >= 15 is 0 Å². The third kappa shape index (κ3) is 5.10. The van der Waals surface area contributed by atoms with Gasteiger partial charge >= 0.3 is 6.03 Å². The zero-order valence-electron chi connectivity index (χ0n) is 12.3. The van der Waals surface area contributed by atoms with Gasteiger partial charge in [-0.3, -0.25) is 5.32 Å². The quantitative estimate of drug-likeness (QED) is 0.753. The van der Waals surface area contributed by atoms with Crippen LogP contribution in [-0.2, 0) is 11.3 Å². The maximum absolute atomic E-state index is 11.9. The molecule has 3 N–H and O–H groups in total. The number of hydrogen-bond acceptors (Lipinski definition) is 5. The molecule has 1 aromatic heterocycles. The van der Waals surface area contributed by atoms with Crippen molar-refractivity contribution in [1.29, 1.82) is 0 Å². The first kappa shape index (κ1) is 16.3. The third-order valence-corrected chi connectivity index (χ3v) is 2.76. The zero-order valence-corrected chi connectivity index (χ0v) is 12.3. The number of aliphatic hydroxyl groups is 1. The van der Waals surface area contributed by atoms with Crippen LogP contribution in [0.2, 0.25) is 0 Å². The molecule has 0 aliphatic rings. The normalized spacial score (nSPS) is 12.8. The third-order valence-electron chi connectivity index (χ3n) is 2.76. The van der Waals surface area contributed by atoms with Gasteiger partial charge in [0.25, 0.3) is 0 Å². The van der Waals surface area contributed by atoms with Crippen LogP contribution >= 0.6 is 0 Å². The molecule has 0 aliphatic carbocycles. The maximum Gasteiger partial charge on any atom is 0.321 e. The number of amides is 2. The predicted octanol–water partition coefficient (Wildman–Crippen LogP) is 1.15. The first-order chi connectivity index (χ1) is 9.36. The SMILES string of the molecule is COCc1ccnc(NC(=O)N[C@@H](CO)C(C)(C)C)n1. The van der Waals surface area contributed by atoms with Crippen molar-refractivity contribution in [2.75, 3.05) is 19.0 Å². The maximum atomic E-state index is 11.9. The molecule has 2 amide bonds. The van der Waals surface area contributed by atoms with Gasteiger partial charge in [-0.15, -0.1) is 0 Å². The van der Waals surface area contributed by atoms with E-state index in [0.29, 0.717) is 12.3 Å². The Hall–Kier alpha value is -1.73. The van der Waals surface area contributed by atoms with Crippen LogP contribution in [0.3, 0.4) is 0 Å². The fourth-order valence-electron chi connectivity index (χ4n) is 1.52. The number of methoxy groups -OCH3 is 1. The molecule has 1 aromatic rings. The van der Waals surface area contributed by atoms with Gasteiger partial charge in [0.15, 0.2) is 0 Å². The van der Waals surface area contributed by atoms with Gasteiger partial charge in [0.1, 0.15) is 0 Å². The van der Waals surface area contributed by atoms with Crippen LogP contribution in [0.5, 0.6) is 0 Å². The molecule has 0 saturated carbocycles. The number of urea groups is 1. The monoisotopic (exact) mass is 282 g/mol. The second-order valence-corrected chi connectivity index (χ2v) is 5.50.